The molecule has 0 unspecified atom stereocenters. The molecule has 7 heteroatoms. The molecule has 2 aromatic carbocycles. The molecule has 29 heavy (non-hydrogen) atoms. The van der Waals surface area contributed by atoms with Crippen LogP contribution in [0.2, 0.25) is 0 Å². The Kier molecular flexibility index (Phi) is 7.06. The lowest BCUT2D eigenvalue weighted by atomic mass is 10.2. The highest BCUT2D eigenvalue weighted by Crippen LogP contribution is 2.22. The van der Waals surface area contributed by atoms with Gasteiger partial charge in [0.25, 0.3) is 0 Å². The predicted octanol–water partition coefficient (Wildman–Crippen LogP) is 4.48. The average Bonchev–Trinajstić information content (AvgIpc) is 2.72. The molecule has 150 valence electrons. The van der Waals surface area contributed by atoms with E-state index in [2.05, 4.69) is 10.3 Å². The second kappa shape index (κ2) is 9.71. The summed E-state index contributed by atoms with van der Waals surface area (Å²) in [5, 5.41) is 3.72. The highest BCUT2D eigenvalue weighted by molar-refractivity contribution is 7.98. The molecule has 3 aromatic rings. The maximum absolute atomic E-state index is 12.4. The van der Waals surface area contributed by atoms with Gasteiger partial charge in [0.2, 0.25) is 5.91 Å². The van der Waals surface area contributed by atoms with Crippen LogP contribution in [-0.2, 0) is 20.4 Å². The van der Waals surface area contributed by atoms with Crippen molar-refractivity contribution in [1.82, 2.24) is 4.98 Å². The number of pyridine rings is 1. The molecule has 0 saturated heterocycles. The Morgan fingerprint density at radius 1 is 1.03 bits per heavy atom. The fourth-order valence-corrected chi connectivity index (χ4v) is 4.69. The number of carbonyl (C=O) groups excluding carboxylic acids is 1. The summed E-state index contributed by atoms with van der Waals surface area (Å²) in [6, 6.07) is 19.9. The lowest BCUT2D eigenvalue weighted by Gasteiger charge is -2.08. The third kappa shape index (κ3) is 6.44. The number of benzene rings is 2. The molecule has 0 aliphatic carbocycles. The van der Waals surface area contributed by atoms with Crippen LogP contribution in [0.5, 0.6) is 0 Å². The van der Waals surface area contributed by atoms with Gasteiger partial charge in [0.05, 0.1) is 15.7 Å². The van der Waals surface area contributed by atoms with Crippen molar-refractivity contribution in [1.29, 1.82) is 0 Å². The normalized spacial score (nSPS) is 11.2. The topological polar surface area (TPSA) is 76.1 Å². The van der Waals surface area contributed by atoms with E-state index in [0.717, 1.165) is 21.9 Å². The number of nitrogens with one attached hydrogen (secondary N) is 1. The Balaban J connectivity index is 1.54. The van der Waals surface area contributed by atoms with Crippen molar-refractivity contribution in [3.8, 4) is 0 Å². The monoisotopic (exact) mass is 426 g/mol. The predicted molar refractivity (Wildman–Crippen MR) is 117 cm³/mol. The molecule has 0 aliphatic heterocycles. The van der Waals surface area contributed by atoms with E-state index in [1.807, 2.05) is 43.3 Å². The molecular formula is C22H22N2O3S2. The van der Waals surface area contributed by atoms with Crippen LogP contribution in [0.25, 0.3) is 0 Å². The number of rotatable bonds is 8. The van der Waals surface area contributed by atoms with Crippen LogP contribution in [0.4, 0.5) is 5.69 Å². The first-order valence-electron chi connectivity index (χ1n) is 9.14. The van der Waals surface area contributed by atoms with Gasteiger partial charge in [0, 0.05) is 24.1 Å². The van der Waals surface area contributed by atoms with Gasteiger partial charge in [-0.2, -0.15) is 0 Å². The zero-order chi connectivity index (χ0) is 20.7. The zero-order valence-corrected chi connectivity index (χ0v) is 17.7. The van der Waals surface area contributed by atoms with Crippen molar-refractivity contribution >= 4 is 33.2 Å². The van der Waals surface area contributed by atoms with Crippen LogP contribution in [0.1, 0.15) is 17.5 Å². The molecule has 0 aliphatic rings. The lowest BCUT2D eigenvalue weighted by Crippen LogP contribution is -2.17. The first-order chi connectivity index (χ1) is 13.9. The smallest absolute Gasteiger partial charge is 0.225 e. The Labute approximate surface area is 175 Å². The molecular weight excluding hydrogens is 404 g/mol. The highest BCUT2D eigenvalue weighted by atomic mass is 32.2. The molecule has 5 nitrogen and oxygen atoms in total. The van der Waals surface area contributed by atoms with Gasteiger partial charge in [0.1, 0.15) is 0 Å². The van der Waals surface area contributed by atoms with E-state index in [0.29, 0.717) is 5.69 Å². The van der Waals surface area contributed by atoms with Crippen LogP contribution in [0.15, 0.2) is 82.8 Å². The molecule has 0 spiro atoms. The highest BCUT2D eigenvalue weighted by Gasteiger charge is 2.16. The van der Waals surface area contributed by atoms with E-state index in [1.165, 1.54) is 0 Å². The largest absolute Gasteiger partial charge is 0.326 e. The molecule has 0 saturated carbocycles. The van der Waals surface area contributed by atoms with Gasteiger partial charge in [-0.25, -0.2) is 13.4 Å². The number of thioether (sulfide) groups is 1. The summed E-state index contributed by atoms with van der Waals surface area (Å²) in [6.45, 7) is 1.90. The molecule has 1 heterocycles. The van der Waals surface area contributed by atoms with Crippen LogP contribution in [0, 0.1) is 6.92 Å². The number of sulfone groups is 1. The first kappa shape index (κ1) is 21.1. The summed E-state index contributed by atoms with van der Waals surface area (Å²) in [5.41, 5.74) is 2.69. The van der Waals surface area contributed by atoms with Gasteiger partial charge in [-0.1, -0.05) is 35.9 Å². The first-order valence-corrected chi connectivity index (χ1v) is 11.8. The molecule has 1 N–H and O–H groups in total. The number of carbonyl (C=O) groups is 1. The second-order valence-corrected chi connectivity index (χ2v) is 9.69. The van der Waals surface area contributed by atoms with Gasteiger partial charge in [-0.05, 0) is 48.9 Å². The third-order valence-electron chi connectivity index (χ3n) is 4.21. The average molecular weight is 427 g/mol. The Morgan fingerprint density at radius 2 is 1.83 bits per heavy atom. The summed E-state index contributed by atoms with van der Waals surface area (Å²) in [4.78, 5) is 16.8. The van der Waals surface area contributed by atoms with Gasteiger partial charge >= 0.3 is 0 Å². The molecule has 0 radical (unpaired) electrons. The molecule has 0 fully saturated rings. The van der Waals surface area contributed by atoms with Gasteiger partial charge < -0.3 is 5.32 Å². The number of nitrogens with zero attached hydrogens (tertiary/aromatic N) is 1. The third-order valence-corrected chi connectivity index (χ3v) is 6.96. The van der Waals surface area contributed by atoms with Gasteiger partial charge in [-0.15, -0.1) is 11.8 Å². The molecule has 1 aromatic heterocycles. The summed E-state index contributed by atoms with van der Waals surface area (Å²) >= 11 is 1.61. The Morgan fingerprint density at radius 3 is 2.55 bits per heavy atom. The molecule has 0 bridgehead atoms. The van der Waals surface area contributed by atoms with Crippen LogP contribution in [-0.4, -0.2) is 25.1 Å². The van der Waals surface area contributed by atoms with Gasteiger partial charge in [0.15, 0.2) is 9.84 Å². The van der Waals surface area contributed by atoms with E-state index in [4.69, 9.17) is 0 Å². The van der Waals surface area contributed by atoms with Crippen molar-refractivity contribution < 1.29 is 13.2 Å². The second-order valence-electron chi connectivity index (χ2n) is 6.59. The molecule has 1 amide bonds. The summed E-state index contributed by atoms with van der Waals surface area (Å²) < 4.78 is 24.8. The molecule has 0 atom stereocenters. The standard InChI is InChI=1S/C22H22N2O3S2/c1-17-8-10-20(11-9-17)29(26,27)14-12-21(25)24-19-6-4-5-18(15-19)16-28-22-7-2-3-13-23-22/h2-11,13,15H,12,14,16H2,1H3,(H,24,25). The van der Waals surface area contributed by atoms with Crippen LogP contribution < -0.4 is 5.32 Å². The van der Waals surface area contributed by atoms with E-state index >= 15 is 0 Å². The number of anilines is 1. The van der Waals surface area contributed by atoms with Crippen molar-refractivity contribution in [3.05, 3.63) is 84.1 Å². The minimum Gasteiger partial charge on any atom is -0.326 e. The van der Waals surface area contributed by atoms with Crippen LogP contribution in [0.3, 0.4) is 0 Å². The fraction of sp³-hybridized carbons (Fsp3) is 0.182. The summed E-state index contributed by atoms with van der Waals surface area (Å²) in [7, 11) is -3.48. The maximum Gasteiger partial charge on any atom is 0.225 e. The SMILES string of the molecule is Cc1ccc(S(=O)(=O)CCC(=O)Nc2cccc(CSc3ccccn3)c2)cc1. The Hall–Kier alpha value is -2.64. The molecule has 3 rings (SSSR count). The number of aryl methyl sites for hydroxylation is 1. The van der Waals surface area contributed by atoms with E-state index in [-0.39, 0.29) is 23.0 Å². The number of hydrogen-bond donors (Lipinski definition) is 1. The van der Waals surface area contributed by atoms with Crippen molar-refractivity contribution in [2.75, 3.05) is 11.1 Å². The number of hydrogen-bond acceptors (Lipinski definition) is 5. The number of amides is 1. The van der Waals surface area contributed by atoms with E-state index < -0.39 is 9.84 Å². The maximum atomic E-state index is 12.4. The van der Waals surface area contributed by atoms with Crippen molar-refractivity contribution in [2.45, 2.75) is 29.0 Å². The summed E-state index contributed by atoms with van der Waals surface area (Å²) in [5.74, 6) is 0.176. The van der Waals surface area contributed by atoms with Crippen molar-refractivity contribution in [2.24, 2.45) is 0 Å². The van der Waals surface area contributed by atoms with Crippen molar-refractivity contribution in [3.63, 3.8) is 0 Å². The quantitative estimate of drug-likeness (QED) is 0.537. The van der Waals surface area contributed by atoms with E-state index in [9.17, 15) is 13.2 Å². The minimum atomic E-state index is -3.48. The lowest BCUT2D eigenvalue weighted by molar-refractivity contribution is -0.115. The zero-order valence-electron chi connectivity index (χ0n) is 16.0. The fourth-order valence-electron chi connectivity index (χ4n) is 2.64. The minimum absolute atomic E-state index is 0.0941. The summed E-state index contributed by atoms with van der Waals surface area (Å²) in [6.07, 6.45) is 1.66. The van der Waals surface area contributed by atoms with E-state index in [1.54, 1.807) is 48.3 Å². The Bertz CT molecular complexity index is 1070. The van der Waals surface area contributed by atoms with Crippen LogP contribution >= 0.6 is 11.8 Å². The van der Waals surface area contributed by atoms with Gasteiger partial charge in [-0.3, -0.25) is 4.79 Å². The number of aromatic nitrogens is 1.